The van der Waals surface area contributed by atoms with E-state index in [0.717, 1.165) is 13.0 Å². The molecule has 0 radical (unpaired) electrons. The van der Waals surface area contributed by atoms with E-state index in [0.29, 0.717) is 12.6 Å². The number of hydrogen-bond donors (Lipinski definition) is 2. The molecule has 0 spiro atoms. The van der Waals surface area contributed by atoms with Crippen molar-refractivity contribution in [2.45, 2.75) is 38.3 Å². The van der Waals surface area contributed by atoms with Gasteiger partial charge in [0.2, 0.25) is 0 Å². The molecule has 0 aliphatic heterocycles. The molecule has 92 valence electrons. The summed E-state index contributed by atoms with van der Waals surface area (Å²) in [6.45, 7) is 3.33. The zero-order valence-corrected chi connectivity index (χ0v) is 10.3. The summed E-state index contributed by atoms with van der Waals surface area (Å²) in [6.07, 6.45) is 7.24. The molecule has 2 rings (SSSR count). The van der Waals surface area contributed by atoms with Gasteiger partial charge in [-0.2, -0.15) is 0 Å². The van der Waals surface area contributed by atoms with Crippen LogP contribution in [0.2, 0.25) is 0 Å². The van der Waals surface area contributed by atoms with Gasteiger partial charge in [0, 0.05) is 31.7 Å². The van der Waals surface area contributed by atoms with Gasteiger partial charge in [0.05, 0.1) is 18.1 Å². The molecule has 0 saturated heterocycles. The molecule has 1 aliphatic rings. The molecular formula is C13H20N4. The Labute approximate surface area is 103 Å². The number of rotatable bonds is 6. The monoisotopic (exact) mass is 232 g/mol. The number of hydrogen-bond acceptors (Lipinski definition) is 3. The van der Waals surface area contributed by atoms with E-state index in [-0.39, 0.29) is 6.04 Å². The van der Waals surface area contributed by atoms with E-state index >= 15 is 0 Å². The maximum atomic E-state index is 5.83. The molecule has 1 fully saturated rings. The topological polar surface area (TPSA) is 55.9 Å². The van der Waals surface area contributed by atoms with Gasteiger partial charge in [-0.15, -0.1) is 11.8 Å². The molecule has 1 aliphatic carbocycles. The number of nitrogens with zero attached hydrogens (tertiary/aromatic N) is 2. The third-order valence-corrected chi connectivity index (χ3v) is 3.05. The lowest BCUT2D eigenvalue weighted by Gasteiger charge is -2.18. The molecule has 1 unspecified atom stereocenters. The van der Waals surface area contributed by atoms with E-state index in [4.69, 9.17) is 5.73 Å². The van der Waals surface area contributed by atoms with Crippen molar-refractivity contribution in [2.24, 2.45) is 5.73 Å². The third kappa shape index (κ3) is 3.09. The highest BCUT2D eigenvalue weighted by Gasteiger charge is 2.27. The minimum atomic E-state index is 0.191. The Balaban J connectivity index is 1.95. The molecule has 1 saturated carbocycles. The van der Waals surface area contributed by atoms with Crippen LogP contribution in [0.1, 0.15) is 44.0 Å². The lowest BCUT2D eigenvalue weighted by molar-refractivity contribution is 0.509. The molecule has 1 heterocycles. The van der Waals surface area contributed by atoms with Crippen molar-refractivity contribution in [1.29, 1.82) is 0 Å². The average Bonchev–Trinajstić information content (AvgIpc) is 3.08. The van der Waals surface area contributed by atoms with Gasteiger partial charge in [-0.25, -0.2) is 4.98 Å². The molecule has 1 aromatic heterocycles. The number of imidazole rings is 1. The quantitative estimate of drug-likeness (QED) is 0.573. The Morgan fingerprint density at radius 3 is 3.12 bits per heavy atom. The maximum Gasteiger partial charge on any atom is 0.0951 e. The summed E-state index contributed by atoms with van der Waals surface area (Å²) in [5, 5.41) is 3.44. The van der Waals surface area contributed by atoms with Crippen LogP contribution in [0.4, 0.5) is 0 Å². The number of nitrogens with one attached hydrogen (secondary N) is 1. The van der Waals surface area contributed by atoms with Crippen LogP contribution >= 0.6 is 0 Å². The van der Waals surface area contributed by atoms with Crippen molar-refractivity contribution in [3.63, 3.8) is 0 Å². The fourth-order valence-electron chi connectivity index (χ4n) is 1.99. The lowest BCUT2D eigenvalue weighted by atomic mass is 10.2. The van der Waals surface area contributed by atoms with Crippen LogP contribution in [0.15, 0.2) is 12.5 Å². The van der Waals surface area contributed by atoms with E-state index in [2.05, 4.69) is 26.7 Å². The highest BCUT2D eigenvalue weighted by Crippen LogP contribution is 2.36. The normalized spacial score (nSPS) is 16.4. The van der Waals surface area contributed by atoms with Crippen LogP contribution in [0.25, 0.3) is 0 Å². The molecule has 17 heavy (non-hydrogen) atoms. The van der Waals surface area contributed by atoms with Crippen LogP contribution in [0.5, 0.6) is 0 Å². The van der Waals surface area contributed by atoms with E-state index < -0.39 is 0 Å². The Bertz CT molecular complexity index is 409. The van der Waals surface area contributed by atoms with Gasteiger partial charge in [0.1, 0.15) is 0 Å². The summed E-state index contributed by atoms with van der Waals surface area (Å²) in [4.78, 5) is 4.24. The standard InChI is InChI=1S/C13H20N4/c1-2-3-4-7-16-12(8-14)13-9-15-10-17(13)11-5-6-11/h9-12,16H,4-8,14H2,1H3. The lowest BCUT2D eigenvalue weighted by Crippen LogP contribution is -2.30. The summed E-state index contributed by atoms with van der Waals surface area (Å²) in [5.74, 6) is 5.94. The zero-order chi connectivity index (χ0) is 12.1. The first-order chi connectivity index (χ1) is 8.36. The Hall–Kier alpha value is -1.31. The van der Waals surface area contributed by atoms with Gasteiger partial charge < -0.3 is 15.6 Å². The van der Waals surface area contributed by atoms with Crippen molar-refractivity contribution >= 4 is 0 Å². The summed E-state index contributed by atoms with van der Waals surface area (Å²) >= 11 is 0. The second kappa shape index (κ2) is 5.85. The van der Waals surface area contributed by atoms with Gasteiger partial charge in [-0.05, 0) is 19.8 Å². The highest BCUT2D eigenvalue weighted by molar-refractivity contribution is 5.09. The van der Waals surface area contributed by atoms with Gasteiger partial charge in [0.15, 0.2) is 0 Å². The first-order valence-corrected chi connectivity index (χ1v) is 6.21. The van der Waals surface area contributed by atoms with Crippen molar-refractivity contribution in [3.05, 3.63) is 18.2 Å². The third-order valence-electron chi connectivity index (χ3n) is 3.05. The predicted molar refractivity (Wildman–Crippen MR) is 68.4 cm³/mol. The molecule has 4 heteroatoms. The molecule has 1 aromatic rings. The maximum absolute atomic E-state index is 5.83. The van der Waals surface area contributed by atoms with Crippen molar-refractivity contribution < 1.29 is 0 Å². The molecule has 0 bridgehead atoms. The fourth-order valence-corrected chi connectivity index (χ4v) is 1.99. The van der Waals surface area contributed by atoms with E-state index in [1.54, 1.807) is 0 Å². The van der Waals surface area contributed by atoms with E-state index in [9.17, 15) is 0 Å². The first-order valence-electron chi connectivity index (χ1n) is 6.21. The Morgan fingerprint density at radius 1 is 1.65 bits per heavy atom. The molecule has 4 nitrogen and oxygen atoms in total. The van der Waals surface area contributed by atoms with Crippen LogP contribution in [-0.4, -0.2) is 22.6 Å². The van der Waals surface area contributed by atoms with Crippen LogP contribution in [-0.2, 0) is 0 Å². The molecule has 0 aromatic carbocycles. The smallest absolute Gasteiger partial charge is 0.0951 e. The highest BCUT2D eigenvalue weighted by atomic mass is 15.1. The summed E-state index contributed by atoms with van der Waals surface area (Å²) in [5.41, 5.74) is 7.04. The predicted octanol–water partition coefficient (Wildman–Crippen LogP) is 1.22. The van der Waals surface area contributed by atoms with E-state index in [1.807, 2.05) is 19.4 Å². The van der Waals surface area contributed by atoms with Crippen molar-refractivity contribution in [2.75, 3.05) is 13.1 Å². The van der Waals surface area contributed by atoms with Crippen LogP contribution in [0.3, 0.4) is 0 Å². The van der Waals surface area contributed by atoms with Gasteiger partial charge in [0.25, 0.3) is 0 Å². The van der Waals surface area contributed by atoms with Gasteiger partial charge in [-0.3, -0.25) is 0 Å². The summed E-state index contributed by atoms with van der Waals surface area (Å²) < 4.78 is 2.26. The molecule has 3 N–H and O–H groups in total. The Kier molecular flexibility index (Phi) is 4.18. The molecule has 1 atom stereocenters. The number of nitrogens with two attached hydrogens (primary N) is 1. The largest absolute Gasteiger partial charge is 0.330 e. The van der Waals surface area contributed by atoms with Crippen LogP contribution in [0, 0.1) is 11.8 Å². The molecular weight excluding hydrogens is 212 g/mol. The summed E-state index contributed by atoms with van der Waals surface area (Å²) in [6, 6.07) is 0.843. The Morgan fingerprint density at radius 2 is 2.47 bits per heavy atom. The second-order valence-electron chi connectivity index (χ2n) is 4.38. The number of aromatic nitrogens is 2. The van der Waals surface area contributed by atoms with E-state index in [1.165, 1.54) is 18.5 Å². The molecule has 0 amide bonds. The summed E-state index contributed by atoms with van der Waals surface area (Å²) in [7, 11) is 0. The zero-order valence-electron chi connectivity index (χ0n) is 10.3. The average molecular weight is 232 g/mol. The van der Waals surface area contributed by atoms with Gasteiger partial charge >= 0.3 is 0 Å². The minimum absolute atomic E-state index is 0.191. The minimum Gasteiger partial charge on any atom is -0.330 e. The van der Waals surface area contributed by atoms with Crippen LogP contribution < -0.4 is 11.1 Å². The first kappa shape index (κ1) is 12.2. The van der Waals surface area contributed by atoms with Gasteiger partial charge in [-0.1, -0.05) is 0 Å². The fraction of sp³-hybridized carbons (Fsp3) is 0.615. The van der Waals surface area contributed by atoms with Crippen molar-refractivity contribution in [1.82, 2.24) is 14.9 Å². The second-order valence-corrected chi connectivity index (χ2v) is 4.38. The SMILES string of the molecule is CC#CCCNC(CN)c1cncn1C1CC1. The van der Waals surface area contributed by atoms with Crippen molar-refractivity contribution in [3.8, 4) is 11.8 Å².